The topological polar surface area (TPSA) is 46.5 Å². The molecule has 0 spiro atoms. The summed E-state index contributed by atoms with van der Waals surface area (Å²) < 4.78 is 5.32. The number of aromatic hydroxyl groups is 1. The molecule has 1 N–H and O–H groups in total. The molecule has 0 saturated carbocycles. The normalized spacial score (nSPS) is 11.0. The number of carbonyl (C=O) groups is 1. The summed E-state index contributed by atoms with van der Waals surface area (Å²) in [5.41, 5.74) is 0.556. The molecule has 0 saturated heterocycles. The van der Waals surface area contributed by atoms with Crippen LogP contribution in [0.15, 0.2) is 36.4 Å². The molecule has 0 unspecified atom stereocenters. The van der Waals surface area contributed by atoms with Crippen LogP contribution in [0.1, 0.15) is 49.9 Å². The van der Waals surface area contributed by atoms with E-state index in [4.69, 9.17) is 4.74 Å². The van der Waals surface area contributed by atoms with Gasteiger partial charge in [0.25, 0.3) is 0 Å². The average molecular weight is 300 g/mol. The zero-order valence-electron chi connectivity index (χ0n) is 13.3. The molecule has 2 rings (SSSR count). The van der Waals surface area contributed by atoms with Crippen molar-refractivity contribution in [3.8, 4) is 5.75 Å². The van der Waals surface area contributed by atoms with Gasteiger partial charge >= 0.3 is 5.97 Å². The van der Waals surface area contributed by atoms with Gasteiger partial charge in [0.2, 0.25) is 0 Å². The lowest BCUT2D eigenvalue weighted by molar-refractivity contribution is 0.0497. The van der Waals surface area contributed by atoms with E-state index in [0.29, 0.717) is 12.2 Å². The summed E-state index contributed by atoms with van der Waals surface area (Å²) >= 11 is 0. The lowest BCUT2D eigenvalue weighted by Gasteiger charge is -2.07. The third kappa shape index (κ3) is 4.76. The van der Waals surface area contributed by atoms with Crippen molar-refractivity contribution >= 4 is 16.7 Å². The Morgan fingerprint density at radius 3 is 2.55 bits per heavy atom. The summed E-state index contributed by atoms with van der Waals surface area (Å²) in [6.45, 7) is 4.92. The van der Waals surface area contributed by atoms with Gasteiger partial charge < -0.3 is 9.84 Å². The molecule has 3 heteroatoms. The number of benzene rings is 2. The van der Waals surface area contributed by atoms with Gasteiger partial charge in [0.15, 0.2) is 0 Å². The number of hydrogen-bond acceptors (Lipinski definition) is 3. The Bertz CT molecular complexity index is 632. The van der Waals surface area contributed by atoms with E-state index in [0.717, 1.165) is 29.5 Å². The molecular formula is C19H24O3. The molecule has 0 aliphatic rings. The summed E-state index contributed by atoms with van der Waals surface area (Å²) in [4.78, 5) is 12.0. The number of ether oxygens (including phenoxy) is 1. The number of phenolic OH excluding ortho intramolecular Hbond substituents is 1. The Hall–Kier alpha value is -2.03. The van der Waals surface area contributed by atoms with E-state index >= 15 is 0 Å². The van der Waals surface area contributed by atoms with Gasteiger partial charge in [0, 0.05) is 0 Å². The molecule has 0 fully saturated rings. The second-order valence-corrected chi connectivity index (χ2v) is 6.13. The number of rotatable bonds is 7. The predicted octanol–water partition coefficient (Wildman–Crippen LogP) is 4.92. The van der Waals surface area contributed by atoms with Crippen molar-refractivity contribution in [2.45, 2.75) is 39.5 Å². The zero-order valence-corrected chi connectivity index (χ0v) is 13.3. The summed E-state index contributed by atoms with van der Waals surface area (Å²) in [5.74, 6) is 0.683. The SMILES string of the molecule is CC(C)CCCCCOC(=O)c1ccc2cc(O)ccc2c1. The Labute approximate surface area is 131 Å². The van der Waals surface area contributed by atoms with Crippen LogP contribution in [0.5, 0.6) is 5.75 Å². The van der Waals surface area contributed by atoms with Crippen molar-refractivity contribution in [2.24, 2.45) is 5.92 Å². The Kier molecular flexibility index (Phi) is 5.82. The molecule has 0 aromatic heterocycles. The first-order chi connectivity index (χ1) is 10.6. The molecule has 22 heavy (non-hydrogen) atoms. The number of hydrogen-bond donors (Lipinski definition) is 1. The highest BCUT2D eigenvalue weighted by atomic mass is 16.5. The van der Waals surface area contributed by atoms with Crippen molar-refractivity contribution in [1.82, 2.24) is 0 Å². The largest absolute Gasteiger partial charge is 0.508 e. The lowest BCUT2D eigenvalue weighted by atomic mass is 10.1. The number of unbranched alkanes of at least 4 members (excludes halogenated alkanes) is 2. The fourth-order valence-corrected chi connectivity index (χ4v) is 2.44. The van der Waals surface area contributed by atoms with E-state index in [-0.39, 0.29) is 11.7 Å². The third-order valence-corrected chi connectivity index (χ3v) is 3.72. The first-order valence-corrected chi connectivity index (χ1v) is 7.96. The van der Waals surface area contributed by atoms with Crippen LogP contribution in [-0.2, 0) is 4.74 Å². The molecule has 0 radical (unpaired) electrons. The number of fused-ring (bicyclic) bond motifs is 1. The standard InChI is InChI=1S/C19H24O3/c1-14(2)6-4-3-5-11-22-19(21)17-8-7-16-13-18(20)10-9-15(16)12-17/h7-10,12-14,20H,3-6,11H2,1-2H3. The van der Waals surface area contributed by atoms with Gasteiger partial charge in [0.1, 0.15) is 5.75 Å². The van der Waals surface area contributed by atoms with Gasteiger partial charge in [-0.15, -0.1) is 0 Å². The smallest absolute Gasteiger partial charge is 0.338 e. The predicted molar refractivity (Wildman–Crippen MR) is 89.2 cm³/mol. The maximum atomic E-state index is 12.0. The van der Waals surface area contributed by atoms with E-state index < -0.39 is 0 Å². The Morgan fingerprint density at radius 2 is 1.77 bits per heavy atom. The Morgan fingerprint density at radius 1 is 1.05 bits per heavy atom. The molecule has 118 valence electrons. The van der Waals surface area contributed by atoms with Gasteiger partial charge in [0.05, 0.1) is 12.2 Å². The molecular weight excluding hydrogens is 276 g/mol. The van der Waals surface area contributed by atoms with E-state index in [2.05, 4.69) is 13.8 Å². The second-order valence-electron chi connectivity index (χ2n) is 6.13. The van der Waals surface area contributed by atoms with Crippen LogP contribution in [0.4, 0.5) is 0 Å². The maximum absolute atomic E-state index is 12.0. The highest BCUT2D eigenvalue weighted by molar-refractivity contribution is 5.95. The van der Waals surface area contributed by atoms with Crippen molar-refractivity contribution < 1.29 is 14.6 Å². The van der Waals surface area contributed by atoms with Gasteiger partial charge in [-0.05, 0) is 47.4 Å². The van der Waals surface area contributed by atoms with E-state index in [9.17, 15) is 9.90 Å². The summed E-state index contributed by atoms with van der Waals surface area (Å²) in [6.07, 6.45) is 4.43. The van der Waals surface area contributed by atoms with Gasteiger partial charge in [-0.1, -0.05) is 45.2 Å². The van der Waals surface area contributed by atoms with Crippen LogP contribution in [0.25, 0.3) is 10.8 Å². The van der Waals surface area contributed by atoms with Crippen LogP contribution in [-0.4, -0.2) is 17.7 Å². The first-order valence-electron chi connectivity index (χ1n) is 7.96. The van der Waals surface area contributed by atoms with Crippen molar-refractivity contribution in [1.29, 1.82) is 0 Å². The summed E-state index contributed by atoms with van der Waals surface area (Å²) in [6, 6.07) is 10.5. The van der Waals surface area contributed by atoms with Gasteiger partial charge in [-0.2, -0.15) is 0 Å². The van der Waals surface area contributed by atoms with E-state index in [1.165, 1.54) is 12.8 Å². The molecule has 0 aliphatic heterocycles. The molecule has 2 aromatic rings. The minimum atomic E-state index is -0.279. The van der Waals surface area contributed by atoms with Crippen LogP contribution < -0.4 is 0 Å². The molecule has 0 heterocycles. The molecule has 0 amide bonds. The van der Waals surface area contributed by atoms with Crippen LogP contribution in [0.3, 0.4) is 0 Å². The molecule has 0 bridgehead atoms. The van der Waals surface area contributed by atoms with E-state index in [1.54, 1.807) is 30.3 Å². The molecule has 0 aliphatic carbocycles. The van der Waals surface area contributed by atoms with Crippen molar-refractivity contribution in [2.75, 3.05) is 6.61 Å². The average Bonchev–Trinajstić information content (AvgIpc) is 2.49. The third-order valence-electron chi connectivity index (χ3n) is 3.72. The minimum Gasteiger partial charge on any atom is -0.508 e. The molecule has 0 atom stereocenters. The monoisotopic (exact) mass is 300 g/mol. The fourth-order valence-electron chi connectivity index (χ4n) is 2.44. The molecule has 3 nitrogen and oxygen atoms in total. The fraction of sp³-hybridized carbons (Fsp3) is 0.421. The van der Waals surface area contributed by atoms with Crippen LogP contribution >= 0.6 is 0 Å². The summed E-state index contributed by atoms with van der Waals surface area (Å²) in [7, 11) is 0. The Balaban J connectivity index is 1.83. The quantitative estimate of drug-likeness (QED) is 0.583. The number of carbonyl (C=O) groups excluding carboxylic acids is 1. The molecule has 2 aromatic carbocycles. The first kappa shape index (κ1) is 16.3. The highest BCUT2D eigenvalue weighted by Gasteiger charge is 2.08. The summed E-state index contributed by atoms with van der Waals surface area (Å²) in [5, 5.41) is 11.3. The maximum Gasteiger partial charge on any atom is 0.338 e. The van der Waals surface area contributed by atoms with Gasteiger partial charge in [-0.3, -0.25) is 0 Å². The van der Waals surface area contributed by atoms with Crippen molar-refractivity contribution in [3.63, 3.8) is 0 Å². The van der Waals surface area contributed by atoms with E-state index in [1.807, 2.05) is 6.07 Å². The number of esters is 1. The van der Waals surface area contributed by atoms with Crippen LogP contribution in [0, 0.1) is 5.92 Å². The minimum absolute atomic E-state index is 0.226. The second kappa shape index (κ2) is 7.83. The van der Waals surface area contributed by atoms with Crippen molar-refractivity contribution in [3.05, 3.63) is 42.0 Å². The van der Waals surface area contributed by atoms with Gasteiger partial charge in [-0.25, -0.2) is 4.79 Å². The number of phenols is 1. The zero-order chi connectivity index (χ0) is 15.9. The highest BCUT2D eigenvalue weighted by Crippen LogP contribution is 2.21. The lowest BCUT2D eigenvalue weighted by Crippen LogP contribution is -2.06. The van der Waals surface area contributed by atoms with Crippen LogP contribution in [0.2, 0.25) is 0 Å².